The van der Waals surface area contributed by atoms with Gasteiger partial charge in [0.1, 0.15) is 11.4 Å². The minimum absolute atomic E-state index is 0.127. The van der Waals surface area contributed by atoms with Crippen molar-refractivity contribution in [3.8, 4) is 11.1 Å². The second-order valence-corrected chi connectivity index (χ2v) is 11.0. The van der Waals surface area contributed by atoms with E-state index in [1.807, 2.05) is 56.2 Å². The minimum atomic E-state index is -0.502. The Hall–Kier alpha value is -3.99. The molecule has 4 aromatic rings. The molecule has 0 bridgehead atoms. The normalized spacial score (nSPS) is 14.3. The Bertz CT molecular complexity index is 1490. The summed E-state index contributed by atoms with van der Waals surface area (Å²) in [5.74, 6) is 0.608. The summed E-state index contributed by atoms with van der Waals surface area (Å²) in [5, 5.41) is 20.7. The molecule has 3 aromatic heterocycles. The molecular weight excluding hydrogens is 488 g/mol. The fraction of sp³-hybridized carbons (Fsp3) is 0.308. The summed E-state index contributed by atoms with van der Waals surface area (Å²) in [6.45, 7) is 8.46. The molecule has 11 heteroatoms. The molecule has 190 valence electrons. The van der Waals surface area contributed by atoms with Gasteiger partial charge in [0.05, 0.1) is 17.8 Å². The van der Waals surface area contributed by atoms with E-state index < -0.39 is 5.60 Å². The van der Waals surface area contributed by atoms with Gasteiger partial charge < -0.3 is 15.0 Å². The van der Waals surface area contributed by atoms with Gasteiger partial charge in [-0.1, -0.05) is 0 Å². The maximum absolute atomic E-state index is 12.2. The summed E-state index contributed by atoms with van der Waals surface area (Å²) >= 11 is 1.46. The number of ether oxygens (including phenoxy) is 1. The van der Waals surface area contributed by atoms with Gasteiger partial charge in [-0.3, -0.25) is 14.8 Å². The molecule has 1 aliphatic heterocycles. The summed E-state index contributed by atoms with van der Waals surface area (Å²) in [6.07, 6.45) is 8.79. The van der Waals surface area contributed by atoms with Crippen molar-refractivity contribution in [3.05, 3.63) is 54.8 Å². The second kappa shape index (κ2) is 9.81. The average Bonchev–Trinajstić information content (AvgIpc) is 3.45. The highest BCUT2D eigenvalue weighted by molar-refractivity contribution is 7.99. The largest absolute Gasteiger partial charge is 0.444 e. The summed E-state index contributed by atoms with van der Waals surface area (Å²) in [5.41, 5.74) is 2.78. The third-order valence-electron chi connectivity index (χ3n) is 5.66. The number of nitrogens with zero attached hydrogens (tertiary/aromatic N) is 6. The van der Waals surface area contributed by atoms with Gasteiger partial charge in [0.25, 0.3) is 0 Å². The Morgan fingerprint density at radius 2 is 2.03 bits per heavy atom. The number of likely N-dealkylation sites (tertiary alicyclic amines) is 1. The number of carbonyl (C=O) groups is 1. The lowest BCUT2D eigenvalue weighted by molar-refractivity contribution is -0.000383. The van der Waals surface area contributed by atoms with Gasteiger partial charge in [-0.05, 0) is 75.9 Å². The molecule has 1 aliphatic rings. The Kier molecular flexibility index (Phi) is 6.55. The van der Waals surface area contributed by atoms with E-state index in [-0.39, 0.29) is 12.1 Å². The van der Waals surface area contributed by atoms with E-state index in [0.717, 1.165) is 26.9 Å². The van der Waals surface area contributed by atoms with E-state index >= 15 is 0 Å². The van der Waals surface area contributed by atoms with Crippen LogP contribution in [0.3, 0.4) is 0 Å². The summed E-state index contributed by atoms with van der Waals surface area (Å²) in [7, 11) is 0. The van der Waals surface area contributed by atoms with Gasteiger partial charge in [0, 0.05) is 52.6 Å². The molecule has 4 heterocycles. The number of fused-ring (bicyclic) bond motifs is 1. The lowest BCUT2D eigenvalue weighted by atomic mass is 10.1. The number of pyridine rings is 1. The van der Waals surface area contributed by atoms with Gasteiger partial charge in [-0.25, -0.2) is 9.78 Å². The van der Waals surface area contributed by atoms with Crippen LogP contribution in [0.25, 0.3) is 28.1 Å². The van der Waals surface area contributed by atoms with E-state index in [1.54, 1.807) is 24.0 Å². The number of rotatable bonds is 6. The predicted molar refractivity (Wildman–Crippen MR) is 143 cm³/mol. The van der Waals surface area contributed by atoms with Crippen molar-refractivity contribution in [2.24, 2.45) is 0 Å². The molecule has 0 spiro atoms. The Balaban J connectivity index is 1.27. The van der Waals surface area contributed by atoms with Crippen LogP contribution in [-0.2, 0) is 4.74 Å². The van der Waals surface area contributed by atoms with Crippen LogP contribution in [-0.4, -0.2) is 65.3 Å². The molecule has 1 fully saturated rings. The Labute approximate surface area is 218 Å². The number of hydrogen-bond donors (Lipinski definition) is 2. The highest BCUT2D eigenvalue weighted by atomic mass is 32.2. The second-order valence-electron chi connectivity index (χ2n) is 9.95. The molecule has 37 heavy (non-hydrogen) atoms. The number of benzene rings is 1. The predicted octanol–water partition coefficient (Wildman–Crippen LogP) is 5.21. The SMILES string of the molecule is CC(=N)/C=C\c1nc(Sc2ccc3ncc(-c4cnn(C5CN(C(=O)OC(C)(C)C)C5)c4)cc3c2)n[nH]1. The average molecular weight is 517 g/mol. The Morgan fingerprint density at radius 3 is 2.78 bits per heavy atom. The van der Waals surface area contributed by atoms with Crippen LogP contribution in [0, 0.1) is 5.41 Å². The molecule has 2 N–H and O–H groups in total. The molecule has 0 unspecified atom stereocenters. The standard InChI is InChI=1S/C26H28N8O2S/c1-16(27)5-8-23-30-24(32-31-23)37-21-6-7-22-17(10-21)9-18(11-28-22)19-12-29-34(13-19)20-14-33(15-20)25(35)36-26(2,3)4/h5-13,20,27H,14-15H2,1-4H3,(H,30,31,32)/b8-5-,27-16?. The number of aromatic nitrogens is 6. The number of H-pyrrole nitrogens is 1. The fourth-order valence-corrected chi connectivity index (χ4v) is 4.57. The number of hydrogen-bond acceptors (Lipinski definition) is 8. The summed E-state index contributed by atoms with van der Waals surface area (Å²) in [6, 6.07) is 8.27. The van der Waals surface area contributed by atoms with Crippen molar-refractivity contribution in [2.45, 2.75) is 49.4 Å². The monoisotopic (exact) mass is 516 g/mol. The molecule has 0 radical (unpaired) electrons. The quantitative estimate of drug-likeness (QED) is 0.337. The van der Waals surface area contributed by atoms with Gasteiger partial charge in [0.15, 0.2) is 0 Å². The maximum atomic E-state index is 12.2. The third-order valence-corrected chi connectivity index (χ3v) is 6.51. The zero-order chi connectivity index (χ0) is 26.2. The van der Waals surface area contributed by atoms with Gasteiger partial charge in [-0.2, -0.15) is 5.10 Å². The number of nitrogens with one attached hydrogen (secondary N) is 2. The highest BCUT2D eigenvalue weighted by Crippen LogP contribution is 2.30. The molecular formula is C26H28N8O2S. The number of carbonyl (C=O) groups excluding carboxylic acids is 1. The molecule has 0 atom stereocenters. The van der Waals surface area contributed by atoms with E-state index in [0.29, 0.717) is 29.8 Å². The molecule has 1 aromatic carbocycles. The maximum Gasteiger partial charge on any atom is 0.410 e. The van der Waals surface area contributed by atoms with Gasteiger partial charge in [-0.15, -0.1) is 5.10 Å². The van der Waals surface area contributed by atoms with Crippen molar-refractivity contribution in [2.75, 3.05) is 13.1 Å². The first-order valence-corrected chi connectivity index (χ1v) is 12.7. The Morgan fingerprint density at radius 1 is 1.22 bits per heavy atom. The van der Waals surface area contributed by atoms with Crippen molar-refractivity contribution in [1.82, 2.24) is 34.8 Å². The van der Waals surface area contributed by atoms with Crippen LogP contribution >= 0.6 is 11.8 Å². The van der Waals surface area contributed by atoms with Crippen molar-refractivity contribution in [1.29, 1.82) is 5.41 Å². The third kappa shape index (κ3) is 5.88. The zero-order valence-electron chi connectivity index (χ0n) is 21.1. The van der Waals surface area contributed by atoms with Crippen LogP contribution < -0.4 is 0 Å². The molecule has 10 nitrogen and oxygen atoms in total. The highest BCUT2D eigenvalue weighted by Gasteiger charge is 2.35. The first-order valence-electron chi connectivity index (χ1n) is 11.9. The van der Waals surface area contributed by atoms with Gasteiger partial charge >= 0.3 is 6.09 Å². The number of amides is 1. The van der Waals surface area contributed by atoms with E-state index in [2.05, 4.69) is 37.4 Å². The van der Waals surface area contributed by atoms with E-state index in [1.165, 1.54) is 11.8 Å². The van der Waals surface area contributed by atoms with E-state index in [9.17, 15) is 4.79 Å². The topological polar surface area (TPSA) is 126 Å². The lowest BCUT2D eigenvalue weighted by Crippen LogP contribution is -2.52. The van der Waals surface area contributed by atoms with Crippen LogP contribution in [0.4, 0.5) is 4.79 Å². The molecule has 0 saturated carbocycles. The fourth-order valence-electron chi connectivity index (χ4n) is 3.80. The van der Waals surface area contributed by atoms with Crippen molar-refractivity contribution < 1.29 is 9.53 Å². The molecule has 1 amide bonds. The van der Waals surface area contributed by atoms with Gasteiger partial charge in [0.2, 0.25) is 5.16 Å². The van der Waals surface area contributed by atoms with Crippen LogP contribution in [0.5, 0.6) is 0 Å². The van der Waals surface area contributed by atoms with Crippen LogP contribution in [0.2, 0.25) is 0 Å². The van der Waals surface area contributed by atoms with Crippen molar-refractivity contribution >= 4 is 40.5 Å². The molecule has 5 rings (SSSR count). The number of allylic oxidation sites excluding steroid dienone is 1. The van der Waals surface area contributed by atoms with Crippen LogP contribution in [0.1, 0.15) is 39.6 Å². The van der Waals surface area contributed by atoms with E-state index in [4.69, 9.17) is 10.1 Å². The van der Waals surface area contributed by atoms with Crippen molar-refractivity contribution in [3.63, 3.8) is 0 Å². The molecule has 1 saturated heterocycles. The zero-order valence-corrected chi connectivity index (χ0v) is 21.9. The first-order chi connectivity index (χ1) is 17.6. The summed E-state index contributed by atoms with van der Waals surface area (Å²) < 4.78 is 7.34. The first kappa shape index (κ1) is 24.7. The molecule has 0 aliphatic carbocycles. The van der Waals surface area contributed by atoms with Crippen LogP contribution in [0.15, 0.2) is 59.0 Å². The summed E-state index contributed by atoms with van der Waals surface area (Å²) in [4.78, 5) is 24.0. The minimum Gasteiger partial charge on any atom is -0.444 e. The lowest BCUT2D eigenvalue weighted by Gasteiger charge is -2.39. The smallest absolute Gasteiger partial charge is 0.410 e. The number of aromatic amines is 1.